The van der Waals surface area contributed by atoms with E-state index in [0.29, 0.717) is 5.69 Å². The second-order valence-electron chi connectivity index (χ2n) is 7.66. The molecule has 1 aromatic heterocycles. The Labute approximate surface area is 166 Å². The lowest BCUT2D eigenvalue weighted by Gasteiger charge is -2.08. The summed E-state index contributed by atoms with van der Waals surface area (Å²) in [6, 6.07) is 3.37. The highest BCUT2D eigenvalue weighted by Crippen LogP contribution is 2.14. The summed E-state index contributed by atoms with van der Waals surface area (Å²) in [6.07, 6.45) is 19.1. The third-order valence-corrected chi connectivity index (χ3v) is 5.15. The summed E-state index contributed by atoms with van der Waals surface area (Å²) >= 11 is 0. The normalized spacial score (nSPS) is 10.9. The molecule has 0 bridgehead atoms. The Kier molecular flexibility index (Phi) is 13.4. The van der Waals surface area contributed by atoms with Gasteiger partial charge in [-0.1, -0.05) is 90.4 Å². The van der Waals surface area contributed by atoms with Crippen molar-refractivity contribution < 1.29 is 9.90 Å². The standard InChI is InChI=1S/C23H40N2O2/c1-3-4-5-6-7-8-9-10-11-12-13-14-15-16-19-24-22-18-17-21(23(26)27)20(2)25-22/h17-18H,3-16,19H2,1-2H3,(H,24,25)(H,26,27). The van der Waals surface area contributed by atoms with Crippen LogP contribution in [-0.2, 0) is 0 Å². The Morgan fingerprint density at radius 2 is 1.33 bits per heavy atom. The molecule has 0 atom stereocenters. The molecule has 1 aromatic rings. The van der Waals surface area contributed by atoms with E-state index in [4.69, 9.17) is 5.11 Å². The van der Waals surface area contributed by atoms with Gasteiger partial charge in [-0.25, -0.2) is 9.78 Å². The van der Waals surface area contributed by atoms with Crippen LogP contribution in [0.5, 0.6) is 0 Å². The topological polar surface area (TPSA) is 62.2 Å². The smallest absolute Gasteiger partial charge is 0.337 e. The minimum absolute atomic E-state index is 0.275. The van der Waals surface area contributed by atoms with E-state index < -0.39 is 5.97 Å². The minimum Gasteiger partial charge on any atom is -0.478 e. The number of unbranched alkanes of at least 4 members (excludes halogenated alkanes) is 13. The predicted octanol–water partition coefficient (Wildman–Crippen LogP) is 6.98. The molecule has 4 heteroatoms. The van der Waals surface area contributed by atoms with E-state index in [0.717, 1.165) is 18.8 Å². The molecule has 0 amide bonds. The second kappa shape index (κ2) is 15.5. The first kappa shape index (κ1) is 23.5. The Morgan fingerprint density at radius 3 is 1.78 bits per heavy atom. The van der Waals surface area contributed by atoms with Crippen molar-refractivity contribution in [2.45, 2.75) is 104 Å². The third-order valence-electron chi connectivity index (χ3n) is 5.15. The number of nitrogens with one attached hydrogen (secondary N) is 1. The van der Waals surface area contributed by atoms with Crippen molar-refractivity contribution in [2.24, 2.45) is 0 Å². The van der Waals surface area contributed by atoms with Crippen LogP contribution in [0.4, 0.5) is 5.82 Å². The molecule has 0 spiro atoms. The van der Waals surface area contributed by atoms with Gasteiger partial charge in [-0.05, 0) is 25.5 Å². The van der Waals surface area contributed by atoms with Crippen LogP contribution in [-0.4, -0.2) is 22.6 Å². The lowest BCUT2D eigenvalue weighted by atomic mass is 10.0. The summed E-state index contributed by atoms with van der Waals surface area (Å²) < 4.78 is 0. The minimum atomic E-state index is -0.918. The van der Waals surface area contributed by atoms with Crippen LogP contribution in [0.15, 0.2) is 12.1 Å². The average Bonchev–Trinajstić information content (AvgIpc) is 2.64. The monoisotopic (exact) mass is 376 g/mol. The summed E-state index contributed by atoms with van der Waals surface area (Å²) in [5.74, 6) is -0.147. The molecule has 0 saturated carbocycles. The summed E-state index contributed by atoms with van der Waals surface area (Å²) in [6.45, 7) is 4.91. The highest BCUT2D eigenvalue weighted by molar-refractivity contribution is 5.89. The Hall–Kier alpha value is -1.58. The number of aromatic carboxylic acids is 1. The summed E-state index contributed by atoms with van der Waals surface area (Å²) in [5.41, 5.74) is 0.838. The molecule has 2 N–H and O–H groups in total. The van der Waals surface area contributed by atoms with Crippen molar-refractivity contribution in [1.29, 1.82) is 0 Å². The zero-order valence-corrected chi connectivity index (χ0v) is 17.6. The van der Waals surface area contributed by atoms with Gasteiger partial charge in [0.1, 0.15) is 5.82 Å². The number of anilines is 1. The van der Waals surface area contributed by atoms with Crippen LogP contribution < -0.4 is 5.32 Å². The third kappa shape index (κ3) is 11.7. The van der Waals surface area contributed by atoms with E-state index in [2.05, 4.69) is 17.2 Å². The maximum absolute atomic E-state index is 11.0. The second-order valence-corrected chi connectivity index (χ2v) is 7.66. The first-order valence-corrected chi connectivity index (χ1v) is 11.1. The van der Waals surface area contributed by atoms with E-state index in [1.165, 1.54) is 83.5 Å². The van der Waals surface area contributed by atoms with Crippen LogP contribution in [0.1, 0.15) is 113 Å². The van der Waals surface area contributed by atoms with E-state index in [1.54, 1.807) is 19.1 Å². The molecule has 1 rings (SSSR count). The summed E-state index contributed by atoms with van der Waals surface area (Å²) in [5, 5.41) is 12.3. The largest absolute Gasteiger partial charge is 0.478 e. The number of pyridine rings is 1. The fourth-order valence-electron chi connectivity index (χ4n) is 3.42. The molecule has 4 nitrogen and oxygen atoms in total. The van der Waals surface area contributed by atoms with E-state index in [-0.39, 0.29) is 5.56 Å². The molecule has 0 fully saturated rings. The van der Waals surface area contributed by atoms with Gasteiger partial charge in [-0.3, -0.25) is 0 Å². The number of carboxylic acids is 1. The van der Waals surface area contributed by atoms with Crippen molar-refractivity contribution in [3.8, 4) is 0 Å². The first-order chi connectivity index (χ1) is 13.1. The van der Waals surface area contributed by atoms with E-state index in [1.807, 2.05) is 0 Å². The van der Waals surface area contributed by atoms with Crippen LogP contribution in [0.3, 0.4) is 0 Å². The van der Waals surface area contributed by atoms with Gasteiger partial charge in [0, 0.05) is 6.54 Å². The molecule has 0 aliphatic carbocycles. The number of aromatic nitrogens is 1. The van der Waals surface area contributed by atoms with E-state index in [9.17, 15) is 4.79 Å². The fourth-order valence-corrected chi connectivity index (χ4v) is 3.42. The number of hydrogen-bond acceptors (Lipinski definition) is 3. The van der Waals surface area contributed by atoms with Crippen molar-refractivity contribution >= 4 is 11.8 Å². The van der Waals surface area contributed by atoms with Gasteiger partial charge >= 0.3 is 5.97 Å². The van der Waals surface area contributed by atoms with Crippen molar-refractivity contribution in [2.75, 3.05) is 11.9 Å². The Morgan fingerprint density at radius 1 is 0.852 bits per heavy atom. The van der Waals surface area contributed by atoms with Gasteiger partial charge in [0.15, 0.2) is 0 Å². The van der Waals surface area contributed by atoms with Crippen LogP contribution >= 0.6 is 0 Å². The van der Waals surface area contributed by atoms with Crippen molar-refractivity contribution in [3.63, 3.8) is 0 Å². The molecule has 0 unspecified atom stereocenters. The van der Waals surface area contributed by atoms with E-state index >= 15 is 0 Å². The highest BCUT2D eigenvalue weighted by Gasteiger charge is 2.08. The van der Waals surface area contributed by atoms with Crippen molar-refractivity contribution in [3.05, 3.63) is 23.4 Å². The average molecular weight is 377 g/mol. The molecular weight excluding hydrogens is 336 g/mol. The van der Waals surface area contributed by atoms with Gasteiger partial charge in [0.25, 0.3) is 0 Å². The predicted molar refractivity (Wildman–Crippen MR) is 115 cm³/mol. The Bertz CT molecular complexity index is 517. The zero-order valence-electron chi connectivity index (χ0n) is 17.6. The van der Waals surface area contributed by atoms with Gasteiger partial charge < -0.3 is 10.4 Å². The first-order valence-electron chi connectivity index (χ1n) is 11.1. The fraction of sp³-hybridized carbons (Fsp3) is 0.739. The SMILES string of the molecule is CCCCCCCCCCCCCCCCNc1ccc(C(=O)O)c(C)n1. The molecule has 0 saturated heterocycles. The summed E-state index contributed by atoms with van der Waals surface area (Å²) in [7, 11) is 0. The van der Waals surface area contributed by atoms with Crippen LogP contribution in [0.2, 0.25) is 0 Å². The highest BCUT2D eigenvalue weighted by atomic mass is 16.4. The quantitative estimate of drug-likeness (QED) is 0.288. The number of aryl methyl sites for hydroxylation is 1. The van der Waals surface area contributed by atoms with Gasteiger partial charge in [-0.15, -0.1) is 0 Å². The maximum atomic E-state index is 11.0. The van der Waals surface area contributed by atoms with Gasteiger partial charge in [-0.2, -0.15) is 0 Å². The molecule has 0 radical (unpaired) electrons. The number of carboxylic acid groups (broad SMARTS) is 1. The molecule has 0 aliphatic rings. The van der Waals surface area contributed by atoms with Gasteiger partial charge in [0.05, 0.1) is 11.3 Å². The molecule has 0 aliphatic heterocycles. The molecule has 154 valence electrons. The molecular formula is C23H40N2O2. The van der Waals surface area contributed by atoms with Gasteiger partial charge in [0.2, 0.25) is 0 Å². The maximum Gasteiger partial charge on any atom is 0.337 e. The molecule has 1 heterocycles. The Balaban J connectivity index is 1.89. The number of hydrogen-bond donors (Lipinski definition) is 2. The number of rotatable bonds is 17. The zero-order chi connectivity index (χ0) is 19.7. The lowest BCUT2D eigenvalue weighted by molar-refractivity contribution is 0.0695. The number of nitrogens with zero attached hydrogens (tertiary/aromatic N) is 1. The number of carbonyl (C=O) groups is 1. The van der Waals surface area contributed by atoms with Crippen molar-refractivity contribution in [1.82, 2.24) is 4.98 Å². The van der Waals surface area contributed by atoms with Crippen LogP contribution in [0, 0.1) is 6.92 Å². The molecule has 0 aromatic carbocycles. The summed E-state index contributed by atoms with van der Waals surface area (Å²) in [4.78, 5) is 15.3. The molecule has 27 heavy (non-hydrogen) atoms. The van der Waals surface area contributed by atoms with Crippen LogP contribution in [0.25, 0.3) is 0 Å². The lowest BCUT2D eigenvalue weighted by Crippen LogP contribution is -2.07.